The average Bonchev–Trinajstić information content (AvgIpc) is 2.66. The molecule has 0 radical (unpaired) electrons. The highest BCUT2D eigenvalue weighted by Crippen LogP contribution is 2.39. The molecule has 0 N–H and O–H groups in total. The fourth-order valence-electron chi connectivity index (χ4n) is 3.64. The van der Waals surface area contributed by atoms with Crippen molar-refractivity contribution in [2.45, 2.75) is 19.1 Å². The van der Waals surface area contributed by atoms with E-state index in [1.165, 1.54) is 6.07 Å². The van der Waals surface area contributed by atoms with Gasteiger partial charge in [0.1, 0.15) is 5.82 Å². The summed E-state index contributed by atoms with van der Waals surface area (Å²) in [5, 5.41) is 0. The van der Waals surface area contributed by atoms with E-state index in [0.29, 0.717) is 32.0 Å². The highest BCUT2D eigenvalue weighted by atomic mass is 19.4. The molecule has 1 unspecified atom stereocenters. The van der Waals surface area contributed by atoms with Crippen molar-refractivity contribution in [3.63, 3.8) is 0 Å². The Balaban J connectivity index is 1.69. The van der Waals surface area contributed by atoms with Gasteiger partial charge in [-0.25, -0.2) is 9.97 Å². The zero-order valence-corrected chi connectivity index (χ0v) is 14.6. The van der Waals surface area contributed by atoms with E-state index in [9.17, 15) is 18.0 Å². The maximum Gasteiger partial charge on any atom is 0.417 e. The summed E-state index contributed by atoms with van der Waals surface area (Å²) in [5.41, 5.74) is 0.0222. The van der Waals surface area contributed by atoms with E-state index in [-0.39, 0.29) is 11.9 Å². The minimum atomic E-state index is -4.42. The Kier molecular flexibility index (Phi) is 4.16. The number of anilines is 3. The normalized spacial score (nSPS) is 19.6. The molecular formula is C18H18F3N5O. The highest BCUT2D eigenvalue weighted by Gasteiger charge is 2.37. The number of amides is 1. The topological polar surface area (TPSA) is 52.6 Å². The Morgan fingerprint density at radius 1 is 1.15 bits per heavy atom. The van der Waals surface area contributed by atoms with Crippen LogP contribution in [0.25, 0.3) is 0 Å². The number of carbonyl (C=O) groups excluding carboxylic acids is 1. The summed E-state index contributed by atoms with van der Waals surface area (Å²) in [7, 11) is 0. The van der Waals surface area contributed by atoms with Crippen LogP contribution in [0.4, 0.5) is 30.5 Å². The first-order valence-corrected chi connectivity index (χ1v) is 8.62. The van der Waals surface area contributed by atoms with Crippen molar-refractivity contribution in [3.8, 4) is 0 Å². The second-order valence-corrected chi connectivity index (χ2v) is 6.67. The predicted molar refractivity (Wildman–Crippen MR) is 93.9 cm³/mol. The zero-order valence-electron chi connectivity index (χ0n) is 14.6. The molecule has 1 saturated heterocycles. The fraction of sp³-hybridized carbons (Fsp3) is 0.389. The van der Waals surface area contributed by atoms with E-state index in [0.717, 1.165) is 23.8 Å². The van der Waals surface area contributed by atoms with Crippen LogP contribution in [0.3, 0.4) is 0 Å². The third-order valence-electron chi connectivity index (χ3n) is 5.00. The Morgan fingerprint density at radius 3 is 2.63 bits per heavy atom. The van der Waals surface area contributed by atoms with Gasteiger partial charge in [0.2, 0.25) is 5.91 Å². The van der Waals surface area contributed by atoms with Crippen molar-refractivity contribution in [1.82, 2.24) is 14.9 Å². The van der Waals surface area contributed by atoms with Gasteiger partial charge in [0, 0.05) is 45.5 Å². The Morgan fingerprint density at radius 2 is 1.96 bits per heavy atom. The Bertz CT molecular complexity index is 855. The van der Waals surface area contributed by atoms with Crippen LogP contribution in [0.1, 0.15) is 12.5 Å². The molecule has 0 bridgehead atoms. The largest absolute Gasteiger partial charge is 0.417 e. The van der Waals surface area contributed by atoms with Gasteiger partial charge in [-0.05, 0) is 24.3 Å². The van der Waals surface area contributed by atoms with Gasteiger partial charge in [-0.15, -0.1) is 0 Å². The first-order chi connectivity index (χ1) is 12.8. The SMILES string of the molecule is CC(=O)N1CCN2c3ncccc3N(c3ccc(C(F)(F)F)cn3)CC2C1. The molecule has 6 nitrogen and oxygen atoms in total. The number of alkyl halides is 3. The molecule has 2 aliphatic rings. The lowest BCUT2D eigenvalue weighted by Crippen LogP contribution is -2.60. The number of hydrogen-bond donors (Lipinski definition) is 0. The third kappa shape index (κ3) is 3.17. The number of aromatic nitrogens is 2. The highest BCUT2D eigenvalue weighted by molar-refractivity contribution is 5.78. The number of carbonyl (C=O) groups is 1. The van der Waals surface area contributed by atoms with Gasteiger partial charge >= 0.3 is 6.18 Å². The maximum atomic E-state index is 12.8. The van der Waals surface area contributed by atoms with Crippen molar-refractivity contribution in [1.29, 1.82) is 0 Å². The summed E-state index contributed by atoms with van der Waals surface area (Å²) in [6.07, 6.45) is -1.88. The fourth-order valence-corrected chi connectivity index (χ4v) is 3.64. The molecule has 4 heterocycles. The summed E-state index contributed by atoms with van der Waals surface area (Å²) >= 11 is 0. The van der Waals surface area contributed by atoms with Crippen LogP contribution >= 0.6 is 0 Å². The number of halogens is 3. The van der Waals surface area contributed by atoms with Crippen molar-refractivity contribution in [3.05, 3.63) is 42.2 Å². The molecule has 142 valence electrons. The third-order valence-corrected chi connectivity index (χ3v) is 5.00. The van der Waals surface area contributed by atoms with Crippen LogP contribution < -0.4 is 9.80 Å². The van der Waals surface area contributed by atoms with Gasteiger partial charge in [-0.3, -0.25) is 4.79 Å². The van der Waals surface area contributed by atoms with E-state index in [2.05, 4.69) is 14.9 Å². The monoisotopic (exact) mass is 377 g/mol. The first kappa shape index (κ1) is 17.6. The first-order valence-electron chi connectivity index (χ1n) is 8.62. The van der Waals surface area contributed by atoms with Crippen LogP contribution in [0.15, 0.2) is 36.7 Å². The van der Waals surface area contributed by atoms with Crippen LogP contribution in [-0.4, -0.2) is 53.0 Å². The lowest BCUT2D eigenvalue weighted by Gasteiger charge is -2.48. The number of piperazine rings is 1. The number of rotatable bonds is 1. The van der Waals surface area contributed by atoms with E-state index < -0.39 is 11.7 Å². The molecule has 27 heavy (non-hydrogen) atoms. The predicted octanol–water partition coefficient (Wildman–Crippen LogP) is 2.68. The Labute approximate surface area is 154 Å². The number of nitrogens with zero attached hydrogens (tertiary/aromatic N) is 5. The Hall–Kier alpha value is -2.84. The lowest BCUT2D eigenvalue weighted by atomic mass is 10.1. The van der Waals surface area contributed by atoms with Crippen molar-refractivity contribution in [2.24, 2.45) is 0 Å². The summed E-state index contributed by atoms with van der Waals surface area (Å²) < 4.78 is 38.5. The average molecular weight is 377 g/mol. The van der Waals surface area contributed by atoms with Crippen LogP contribution in [0.5, 0.6) is 0 Å². The van der Waals surface area contributed by atoms with Gasteiger partial charge in [0.15, 0.2) is 5.82 Å². The molecule has 0 aromatic carbocycles. The van der Waals surface area contributed by atoms with Gasteiger partial charge < -0.3 is 14.7 Å². The van der Waals surface area contributed by atoms with Gasteiger partial charge in [-0.1, -0.05) is 0 Å². The minimum absolute atomic E-state index is 0.00542. The molecule has 0 spiro atoms. The summed E-state index contributed by atoms with van der Waals surface area (Å²) in [4.78, 5) is 26.1. The zero-order chi connectivity index (χ0) is 19.2. The smallest absolute Gasteiger partial charge is 0.347 e. The van der Waals surface area contributed by atoms with Crippen molar-refractivity contribution >= 4 is 23.2 Å². The molecule has 0 aliphatic carbocycles. The molecule has 2 aromatic rings. The summed E-state index contributed by atoms with van der Waals surface area (Å²) in [6.45, 7) is 3.89. The van der Waals surface area contributed by atoms with Gasteiger partial charge in [-0.2, -0.15) is 13.2 Å². The van der Waals surface area contributed by atoms with E-state index >= 15 is 0 Å². The molecular weight excluding hydrogens is 359 g/mol. The molecule has 2 aliphatic heterocycles. The molecule has 0 saturated carbocycles. The minimum Gasteiger partial charge on any atom is -0.347 e. The van der Waals surface area contributed by atoms with E-state index in [4.69, 9.17) is 0 Å². The van der Waals surface area contributed by atoms with Crippen LogP contribution in [0.2, 0.25) is 0 Å². The van der Waals surface area contributed by atoms with Gasteiger partial charge in [0.05, 0.1) is 17.3 Å². The van der Waals surface area contributed by atoms with Crippen LogP contribution in [-0.2, 0) is 11.0 Å². The molecule has 1 atom stereocenters. The molecule has 4 rings (SSSR count). The van der Waals surface area contributed by atoms with E-state index in [1.807, 2.05) is 11.0 Å². The summed E-state index contributed by atoms with van der Waals surface area (Å²) in [6, 6.07) is 6.08. The molecule has 2 aromatic heterocycles. The second kappa shape index (κ2) is 6.40. The van der Waals surface area contributed by atoms with Crippen molar-refractivity contribution < 1.29 is 18.0 Å². The van der Waals surface area contributed by atoms with E-state index in [1.54, 1.807) is 24.1 Å². The lowest BCUT2D eigenvalue weighted by molar-refractivity contribution is -0.137. The van der Waals surface area contributed by atoms with Gasteiger partial charge in [0.25, 0.3) is 0 Å². The molecule has 1 fully saturated rings. The van der Waals surface area contributed by atoms with Crippen LogP contribution in [0, 0.1) is 0 Å². The standard InChI is InChI=1S/C18H18F3N5O/c1-12(27)24-7-8-25-14(10-24)11-26(15-3-2-6-22-17(15)25)16-5-4-13(9-23-16)18(19,20)21/h2-6,9,14H,7-8,10-11H2,1H3. The molecule has 9 heteroatoms. The number of fused-ring (bicyclic) bond motifs is 3. The molecule has 1 amide bonds. The maximum absolute atomic E-state index is 12.8. The number of pyridine rings is 2. The second-order valence-electron chi connectivity index (χ2n) is 6.67. The number of hydrogen-bond acceptors (Lipinski definition) is 5. The quantitative estimate of drug-likeness (QED) is 0.765. The van der Waals surface area contributed by atoms with Crippen molar-refractivity contribution in [2.75, 3.05) is 36.0 Å². The summed E-state index contributed by atoms with van der Waals surface area (Å²) in [5.74, 6) is 1.20.